The quantitative estimate of drug-likeness (QED) is 0.658. The van der Waals surface area contributed by atoms with Crippen molar-refractivity contribution in [1.82, 2.24) is 0 Å². The van der Waals surface area contributed by atoms with Gasteiger partial charge in [0, 0.05) is 0 Å². The van der Waals surface area contributed by atoms with Crippen LogP contribution in [-0.4, -0.2) is 6.17 Å². The third-order valence-electron chi connectivity index (χ3n) is 3.83. The standard InChI is InChI=1S/C17H23F/c1-2-3-4-5-14-6-8-15(9-7-14)16-10-12-17(18)13-11-16/h4-9,16-17H,2-3,10-13H2,1H3/t16-,17-. The number of hydrogen-bond acceptors (Lipinski definition) is 0. The molecule has 0 N–H and O–H groups in total. The van der Waals surface area contributed by atoms with E-state index in [-0.39, 0.29) is 0 Å². The third kappa shape index (κ3) is 3.69. The highest BCUT2D eigenvalue weighted by atomic mass is 19.1. The minimum atomic E-state index is -0.558. The second-order valence-corrected chi connectivity index (χ2v) is 5.31. The molecule has 1 aromatic rings. The maximum atomic E-state index is 13.1. The smallest absolute Gasteiger partial charge is 0.100 e. The van der Waals surface area contributed by atoms with Gasteiger partial charge in [-0.15, -0.1) is 0 Å². The van der Waals surface area contributed by atoms with E-state index in [0.717, 1.165) is 32.1 Å². The van der Waals surface area contributed by atoms with Crippen molar-refractivity contribution in [3.63, 3.8) is 0 Å². The molecule has 0 nitrogen and oxygen atoms in total. The number of unbranched alkanes of at least 4 members (excludes halogenated alkanes) is 1. The molecule has 0 saturated heterocycles. The van der Waals surface area contributed by atoms with E-state index in [4.69, 9.17) is 0 Å². The largest absolute Gasteiger partial charge is 0.247 e. The Morgan fingerprint density at radius 2 is 1.78 bits per heavy atom. The summed E-state index contributed by atoms with van der Waals surface area (Å²) in [4.78, 5) is 0. The fraction of sp³-hybridized carbons (Fsp3) is 0.529. The second-order valence-electron chi connectivity index (χ2n) is 5.31. The topological polar surface area (TPSA) is 0 Å². The van der Waals surface area contributed by atoms with E-state index in [1.165, 1.54) is 17.5 Å². The van der Waals surface area contributed by atoms with Crippen LogP contribution in [-0.2, 0) is 0 Å². The van der Waals surface area contributed by atoms with E-state index in [0.29, 0.717) is 5.92 Å². The summed E-state index contributed by atoms with van der Waals surface area (Å²) < 4.78 is 13.1. The van der Waals surface area contributed by atoms with Crippen LogP contribution in [0.25, 0.3) is 6.08 Å². The average molecular weight is 246 g/mol. The predicted octanol–water partition coefficient (Wildman–Crippen LogP) is 5.50. The van der Waals surface area contributed by atoms with Crippen molar-refractivity contribution in [2.75, 3.05) is 0 Å². The lowest BCUT2D eigenvalue weighted by Gasteiger charge is -2.24. The molecule has 0 spiro atoms. The molecule has 0 radical (unpaired) electrons. The van der Waals surface area contributed by atoms with Crippen molar-refractivity contribution in [2.45, 2.75) is 57.5 Å². The van der Waals surface area contributed by atoms with E-state index in [2.05, 4.69) is 43.3 Å². The van der Waals surface area contributed by atoms with E-state index < -0.39 is 6.17 Å². The first kappa shape index (κ1) is 13.3. The van der Waals surface area contributed by atoms with Crippen molar-refractivity contribution in [1.29, 1.82) is 0 Å². The van der Waals surface area contributed by atoms with Crippen LogP contribution in [0.15, 0.2) is 30.3 Å². The van der Waals surface area contributed by atoms with Gasteiger partial charge in [0.1, 0.15) is 6.17 Å². The predicted molar refractivity (Wildman–Crippen MR) is 76.5 cm³/mol. The zero-order valence-electron chi connectivity index (χ0n) is 11.2. The molecule has 0 bridgehead atoms. The summed E-state index contributed by atoms with van der Waals surface area (Å²) in [7, 11) is 0. The Hall–Kier alpha value is -1.11. The first-order chi connectivity index (χ1) is 8.79. The fourth-order valence-corrected chi connectivity index (χ4v) is 2.65. The summed E-state index contributed by atoms with van der Waals surface area (Å²) >= 11 is 0. The summed E-state index contributed by atoms with van der Waals surface area (Å²) in [6, 6.07) is 8.80. The van der Waals surface area contributed by atoms with Crippen LogP contribution in [0.4, 0.5) is 4.39 Å². The van der Waals surface area contributed by atoms with Crippen molar-refractivity contribution in [3.8, 4) is 0 Å². The van der Waals surface area contributed by atoms with E-state index >= 15 is 0 Å². The van der Waals surface area contributed by atoms with Gasteiger partial charge in [-0.05, 0) is 49.1 Å². The molecule has 0 heterocycles. The molecule has 1 fully saturated rings. The summed E-state index contributed by atoms with van der Waals surface area (Å²) in [5.41, 5.74) is 2.65. The van der Waals surface area contributed by atoms with Gasteiger partial charge in [0.15, 0.2) is 0 Å². The highest BCUT2D eigenvalue weighted by Gasteiger charge is 2.21. The highest BCUT2D eigenvalue weighted by molar-refractivity contribution is 5.49. The maximum Gasteiger partial charge on any atom is 0.100 e. The van der Waals surface area contributed by atoms with Gasteiger partial charge >= 0.3 is 0 Å². The molecule has 1 aliphatic rings. The molecule has 2 rings (SSSR count). The van der Waals surface area contributed by atoms with Crippen LogP contribution >= 0.6 is 0 Å². The van der Waals surface area contributed by atoms with Crippen LogP contribution in [0.3, 0.4) is 0 Å². The highest BCUT2D eigenvalue weighted by Crippen LogP contribution is 2.34. The molecule has 0 amide bonds. The van der Waals surface area contributed by atoms with E-state index in [1.54, 1.807) is 0 Å². The lowest BCUT2D eigenvalue weighted by molar-refractivity contribution is 0.235. The zero-order chi connectivity index (χ0) is 12.8. The molecule has 18 heavy (non-hydrogen) atoms. The minimum absolute atomic E-state index is 0.558. The number of benzene rings is 1. The Morgan fingerprint density at radius 3 is 2.39 bits per heavy atom. The lowest BCUT2D eigenvalue weighted by Crippen LogP contribution is -2.13. The zero-order valence-corrected chi connectivity index (χ0v) is 11.2. The van der Waals surface area contributed by atoms with Gasteiger partial charge in [-0.3, -0.25) is 0 Å². The summed E-state index contributed by atoms with van der Waals surface area (Å²) in [6.45, 7) is 2.19. The van der Waals surface area contributed by atoms with Crippen molar-refractivity contribution < 1.29 is 4.39 Å². The summed E-state index contributed by atoms with van der Waals surface area (Å²) in [5.74, 6) is 0.575. The van der Waals surface area contributed by atoms with Crippen LogP contribution in [0, 0.1) is 0 Å². The Bertz CT molecular complexity index is 369. The number of rotatable bonds is 4. The first-order valence-electron chi connectivity index (χ1n) is 7.20. The van der Waals surface area contributed by atoms with Crippen molar-refractivity contribution in [3.05, 3.63) is 41.5 Å². The van der Waals surface area contributed by atoms with E-state index in [1.807, 2.05) is 0 Å². The molecule has 1 aliphatic carbocycles. The SMILES string of the molecule is CCCC=Cc1ccc([C@H]2CC[C@H](F)CC2)cc1. The average Bonchev–Trinajstić information content (AvgIpc) is 2.41. The molecule has 1 saturated carbocycles. The van der Waals surface area contributed by atoms with Crippen molar-refractivity contribution in [2.24, 2.45) is 0 Å². The molecule has 1 heteroatoms. The number of allylic oxidation sites excluding steroid dienone is 1. The second kappa shape index (κ2) is 6.72. The van der Waals surface area contributed by atoms with Gasteiger partial charge in [-0.25, -0.2) is 4.39 Å². The van der Waals surface area contributed by atoms with Crippen LogP contribution < -0.4 is 0 Å². The van der Waals surface area contributed by atoms with E-state index in [9.17, 15) is 4.39 Å². The molecular weight excluding hydrogens is 223 g/mol. The Labute approximate surface area is 110 Å². The lowest BCUT2D eigenvalue weighted by atomic mass is 9.83. The van der Waals surface area contributed by atoms with Crippen LogP contribution in [0.5, 0.6) is 0 Å². The molecule has 0 aliphatic heterocycles. The Balaban J connectivity index is 1.95. The van der Waals surface area contributed by atoms with Gasteiger partial charge in [0.05, 0.1) is 0 Å². The number of alkyl halides is 1. The maximum absolute atomic E-state index is 13.1. The Kier molecular flexibility index (Phi) is 4.98. The molecule has 1 aromatic carbocycles. The first-order valence-corrected chi connectivity index (χ1v) is 7.20. The monoisotopic (exact) mass is 246 g/mol. The number of halogens is 1. The molecular formula is C17H23F. The normalized spacial score (nSPS) is 24.6. The van der Waals surface area contributed by atoms with Gasteiger partial charge in [0.25, 0.3) is 0 Å². The summed E-state index contributed by atoms with van der Waals surface area (Å²) in [6.07, 6.45) is 9.68. The third-order valence-corrected chi connectivity index (χ3v) is 3.83. The summed E-state index contributed by atoms with van der Waals surface area (Å²) in [5, 5.41) is 0. The Morgan fingerprint density at radius 1 is 1.11 bits per heavy atom. The van der Waals surface area contributed by atoms with Gasteiger partial charge in [-0.2, -0.15) is 0 Å². The fourth-order valence-electron chi connectivity index (χ4n) is 2.65. The minimum Gasteiger partial charge on any atom is -0.247 e. The van der Waals surface area contributed by atoms with Gasteiger partial charge < -0.3 is 0 Å². The molecule has 0 unspecified atom stereocenters. The van der Waals surface area contributed by atoms with Crippen molar-refractivity contribution >= 4 is 6.08 Å². The molecule has 0 atom stereocenters. The molecule has 98 valence electrons. The van der Waals surface area contributed by atoms with Gasteiger partial charge in [-0.1, -0.05) is 49.8 Å². The number of hydrogen-bond donors (Lipinski definition) is 0. The molecule has 0 aromatic heterocycles. The van der Waals surface area contributed by atoms with Crippen LogP contribution in [0.2, 0.25) is 0 Å². The van der Waals surface area contributed by atoms with Gasteiger partial charge in [0.2, 0.25) is 0 Å². The van der Waals surface area contributed by atoms with Crippen LogP contribution in [0.1, 0.15) is 62.5 Å².